The van der Waals surface area contributed by atoms with E-state index in [0.717, 1.165) is 38.2 Å². The third-order valence-electron chi connectivity index (χ3n) is 4.42. The Balaban J connectivity index is 2.12. The summed E-state index contributed by atoms with van der Waals surface area (Å²) < 4.78 is 2.24. The van der Waals surface area contributed by atoms with E-state index in [2.05, 4.69) is 35.1 Å². The van der Waals surface area contributed by atoms with Gasteiger partial charge in [-0.15, -0.1) is 0 Å². The van der Waals surface area contributed by atoms with Crippen molar-refractivity contribution in [2.24, 2.45) is 0 Å². The van der Waals surface area contributed by atoms with Crippen molar-refractivity contribution >= 4 is 5.78 Å². The Kier molecular flexibility index (Phi) is 2.84. The van der Waals surface area contributed by atoms with Crippen LogP contribution in [0.5, 0.6) is 0 Å². The largest absolute Gasteiger partial charge is 0.339 e. The van der Waals surface area contributed by atoms with Crippen molar-refractivity contribution in [1.29, 1.82) is 0 Å². The lowest BCUT2D eigenvalue weighted by molar-refractivity contribution is 0.0980. The maximum absolute atomic E-state index is 11.8. The number of carbonyl (C=O) groups is 1. The molecule has 0 amide bonds. The van der Waals surface area contributed by atoms with Gasteiger partial charge in [-0.3, -0.25) is 10.1 Å². The Hall–Kier alpha value is -1.13. The van der Waals surface area contributed by atoms with E-state index in [0.29, 0.717) is 0 Å². The SMILES string of the molecule is CC(=O)c1ccc2n1CC(C)(C)NC21CCNCC1. The van der Waals surface area contributed by atoms with E-state index in [-0.39, 0.29) is 16.9 Å². The molecule has 1 fully saturated rings. The summed E-state index contributed by atoms with van der Waals surface area (Å²) in [5.41, 5.74) is 2.19. The van der Waals surface area contributed by atoms with Crippen LogP contribution in [0.4, 0.5) is 0 Å². The molecule has 0 aliphatic carbocycles. The van der Waals surface area contributed by atoms with Crippen LogP contribution in [0.25, 0.3) is 0 Å². The third-order valence-corrected chi connectivity index (χ3v) is 4.42. The fourth-order valence-corrected chi connectivity index (χ4v) is 3.74. The van der Waals surface area contributed by atoms with E-state index in [1.807, 2.05) is 6.07 Å². The van der Waals surface area contributed by atoms with Crippen molar-refractivity contribution in [3.05, 3.63) is 23.5 Å². The van der Waals surface area contributed by atoms with Gasteiger partial charge in [-0.1, -0.05) is 0 Å². The number of Topliss-reactive ketones (excluding diaryl/α,β-unsaturated/α-hetero) is 1. The van der Waals surface area contributed by atoms with Crippen molar-refractivity contribution < 1.29 is 4.79 Å². The second-order valence-corrected chi connectivity index (χ2v) is 6.59. The molecule has 1 spiro atoms. The molecule has 0 atom stereocenters. The van der Waals surface area contributed by atoms with Crippen LogP contribution in [0.3, 0.4) is 0 Å². The number of aromatic nitrogens is 1. The van der Waals surface area contributed by atoms with Crippen molar-refractivity contribution in [2.75, 3.05) is 13.1 Å². The van der Waals surface area contributed by atoms with Gasteiger partial charge in [0.1, 0.15) is 0 Å². The lowest BCUT2D eigenvalue weighted by Crippen LogP contribution is -2.63. The van der Waals surface area contributed by atoms with Crippen LogP contribution in [0.1, 0.15) is 49.8 Å². The number of fused-ring (bicyclic) bond motifs is 2. The number of piperidine rings is 1. The van der Waals surface area contributed by atoms with Crippen LogP contribution in [0.2, 0.25) is 0 Å². The Morgan fingerprint density at radius 2 is 1.95 bits per heavy atom. The average Bonchev–Trinajstić information content (AvgIpc) is 2.72. The molecule has 3 heterocycles. The second kappa shape index (κ2) is 4.18. The number of nitrogens with zero attached hydrogens (tertiary/aromatic N) is 1. The van der Waals surface area contributed by atoms with E-state index in [9.17, 15) is 4.79 Å². The molecule has 0 unspecified atom stereocenters. The van der Waals surface area contributed by atoms with Crippen molar-refractivity contribution in [3.63, 3.8) is 0 Å². The molecule has 0 bridgehead atoms. The highest BCUT2D eigenvalue weighted by Gasteiger charge is 2.44. The molecule has 0 saturated carbocycles. The fourth-order valence-electron chi connectivity index (χ4n) is 3.74. The van der Waals surface area contributed by atoms with Gasteiger partial charge in [-0.25, -0.2) is 0 Å². The Morgan fingerprint density at radius 1 is 1.26 bits per heavy atom. The molecule has 2 N–H and O–H groups in total. The Labute approximate surface area is 114 Å². The van der Waals surface area contributed by atoms with Crippen LogP contribution in [0.15, 0.2) is 12.1 Å². The highest BCUT2D eigenvalue weighted by atomic mass is 16.1. The third kappa shape index (κ3) is 2.03. The molecule has 0 aromatic carbocycles. The van der Waals surface area contributed by atoms with Crippen LogP contribution in [-0.2, 0) is 12.1 Å². The monoisotopic (exact) mass is 261 g/mol. The number of hydrogen-bond donors (Lipinski definition) is 2. The molecule has 1 saturated heterocycles. The standard InChI is InChI=1S/C15H23N3O/c1-11(19)12-4-5-13-15(6-8-16-9-7-15)17-14(2,3)10-18(12)13/h4-5,16-17H,6-10H2,1-3H3. The molecule has 4 heteroatoms. The quantitative estimate of drug-likeness (QED) is 0.756. The zero-order chi connectivity index (χ0) is 13.7. The van der Waals surface area contributed by atoms with E-state index in [4.69, 9.17) is 0 Å². The number of hydrogen-bond acceptors (Lipinski definition) is 3. The minimum Gasteiger partial charge on any atom is -0.339 e. The van der Waals surface area contributed by atoms with Crippen LogP contribution < -0.4 is 10.6 Å². The number of carbonyl (C=O) groups excluding carboxylic acids is 1. The topological polar surface area (TPSA) is 46.1 Å². The van der Waals surface area contributed by atoms with E-state index in [1.54, 1.807) is 6.92 Å². The molecule has 19 heavy (non-hydrogen) atoms. The maximum atomic E-state index is 11.8. The molecule has 0 radical (unpaired) electrons. The molecular formula is C15H23N3O. The van der Waals surface area contributed by atoms with E-state index in [1.165, 1.54) is 5.69 Å². The van der Waals surface area contributed by atoms with Gasteiger partial charge in [0.05, 0.1) is 11.2 Å². The second-order valence-electron chi connectivity index (χ2n) is 6.59. The summed E-state index contributed by atoms with van der Waals surface area (Å²) in [5.74, 6) is 0.160. The molecule has 4 nitrogen and oxygen atoms in total. The minimum atomic E-state index is 0.0214. The van der Waals surface area contributed by atoms with Gasteiger partial charge in [0.25, 0.3) is 0 Å². The Morgan fingerprint density at radius 3 is 2.58 bits per heavy atom. The first-order valence-corrected chi connectivity index (χ1v) is 7.15. The molecule has 2 aliphatic rings. The molecule has 2 aliphatic heterocycles. The first kappa shape index (κ1) is 12.9. The minimum absolute atomic E-state index is 0.0214. The maximum Gasteiger partial charge on any atom is 0.176 e. The van der Waals surface area contributed by atoms with E-state index < -0.39 is 0 Å². The van der Waals surface area contributed by atoms with Gasteiger partial charge in [0, 0.05) is 24.7 Å². The smallest absolute Gasteiger partial charge is 0.176 e. The Bertz CT molecular complexity index is 509. The van der Waals surface area contributed by atoms with Gasteiger partial charge in [0.15, 0.2) is 5.78 Å². The summed E-state index contributed by atoms with van der Waals surface area (Å²) in [6.45, 7) is 9.03. The van der Waals surface area contributed by atoms with Crippen LogP contribution in [0, 0.1) is 0 Å². The summed E-state index contributed by atoms with van der Waals surface area (Å²) >= 11 is 0. The van der Waals surface area contributed by atoms with Crippen LogP contribution in [-0.4, -0.2) is 29.0 Å². The predicted octanol–water partition coefficient (Wildman–Crippen LogP) is 1.65. The highest BCUT2D eigenvalue weighted by Crippen LogP contribution is 2.38. The number of ketones is 1. The zero-order valence-electron chi connectivity index (χ0n) is 12.0. The lowest BCUT2D eigenvalue weighted by atomic mass is 9.80. The molecule has 1 aromatic rings. The van der Waals surface area contributed by atoms with Crippen molar-refractivity contribution in [3.8, 4) is 0 Å². The number of nitrogens with one attached hydrogen (secondary N) is 2. The lowest BCUT2D eigenvalue weighted by Gasteiger charge is -2.49. The summed E-state index contributed by atoms with van der Waals surface area (Å²) in [5, 5.41) is 7.27. The molecular weight excluding hydrogens is 238 g/mol. The first-order valence-electron chi connectivity index (χ1n) is 7.15. The molecule has 3 rings (SSSR count). The van der Waals surface area contributed by atoms with Gasteiger partial charge < -0.3 is 9.88 Å². The molecule has 104 valence electrons. The van der Waals surface area contributed by atoms with Crippen LogP contribution >= 0.6 is 0 Å². The molecule has 1 aromatic heterocycles. The van der Waals surface area contributed by atoms with Gasteiger partial charge in [-0.2, -0.15) is 0 Å². The highest BCUT2D eigenvalue weighted by molar-refractivity contribution is 5.92. The summed E-state index contributed by atoms with van der Waals surface area (Å²) in [7, 11) is 0. The fraction of sp³-hybridized carbons (Fsp3) is 0.667. The average molecular weight is 261 g/mol. The summed E-state index contributed by atoms with van der Waals surface area (Å²) in [4.78, 5) is 11.8. The normalized spacial score (nSPS) is 24.2. The summed E-state index contributed by atoms with van der Waals surface area (Å²) in [6.07, 6.45) is 2.16. The predicted molar refractivity (Wildman–Crippen MR) is 75.4 cm³/mol. The van der Waals surface area contributed by atoms with Crippen molar-refractivity contribution in [1.82, 2.24) is 15.2 Å². The van der Waals surface area contributed by atoms with Gasteiger partial charge in [-0.05, 0) is 51.9 Å². The van der Waals surface area contributed by atoms with Gasteiger partial charge >= 0.3 is 0 Å². The first-order chi connectivity index (χ1) is 8.94. The van der Waals surface area contributed by atoms with Crippen molar-refractivity contribution in [2.45, 2.75) is 51.2 Å². The summed E-state index contributed by atoms with van der Waals surface area (Å²) in [6, 6.07) is 4.13. The van der Waals surface area contributed by atoms with E-state index >= 15 is 0 Å². The zero-order valence-corrected chi connectivity index (χ0v) is 12.0. The number of rotatable bonds is 1. The van der Waals surface area contributed by atoms with Gasteiger partial charge in [0.2, 0.25) is 0 Å².